The van der Waals surface area contributed by atoms with Crippen molar-refractivity contribution in [2.45, 2.75) is 45.2 Å². The second kappa shape index (κ2) is 26.0. The highest BCUT2D eigenvalue weighted by atomic mass is 35.5. The number of aryl methyl sites for hydroxylation is 1. The van der Waals surface area contributed by atoms with Crippen molar-refractivity contribution in [3.63, 3.8) is 0 Å². The van der Waals surface area contributed by atoms with Crippen LogP contribution in [0.25, 0.3) is 0 Å². The topological polar surface area (TPSA) is 218 Å². The molecule has 2 atom stereocenters. The zero-order valence-electron chi connectivity index (χ0n) is 42.1. The Balaban J connectivity index is 1.02. The Hall–Kier alpha value is -8.41. The first-order valence-corrected chi connectivity index (χ1v) is 25.3. The molecule has 0 aliphatic rings. The molecule has 16 nitrogen and oxygen atoms in total. The van der Waals surface area contributed by atoms with Crippen LogP contribution >= 0.6 is 58.0 Å². The second-order valence-corrected chi connectivity index (χ2v) is 19.4. The minimum Gasteiger partial charge on any atom is -0.455 e. The molecule has 0 saturated carbocycles. The summed E-state index contributed by atoms with van der Waals surface area (Å²) in [4.78, 5) is 79.6. The van der Waals surface area contributed by atoms with E-state index in [0.717, 1.165) is 50.2 Å². The van der Waals surface area contributed by atoms with E-state index in [9.17, 15) is 55.1 Å². The van der Waals surface area contributed by atoms with Gasteiger partial charge in [0.25, 0.3) is 23.6 Å². The average Bonchev–Trinajstić information content (AvgIpc) is 3.61. The van der Waals surface area contributed by atoms with Crippen LogP contribution < -0.4 is 30.7 Å². The van der Waals surface area contributed by atoms with Gasteiger partial charge in [0.1, 0.15) is 22.9 Å². The number of benzene rings is 7. The number of halogens is 11. The SMILES string of the molecule is CC(=O)C(N=Nc1cc(C(=O)Nc2cc(C(F)(F)F)ccc2Oc2ccc(Cl)cc2)ccc1Cl)C(=O)Nc1cc(Cl)c(NC(=O)C(N=Nc2cc(C(=O)Nc3cc(C(F)(F)F)ccc3Oc3ccc(Cl)cc3)ccc2Cl)C(C)=O)cc1C. The number of nitrogens with one attached hydrogen (secondary N) is 4. The van der Waals surface area contributed by atoms with Gasteiger partial charge < -0.3 is 30.7 Å². The van der Waals surface area contributed by atoms with Gasteiger partial charge in [-0.05, 0) is 160 Å². The molecule has 0 saturated heterocycles. The van der Waals surface area contributed by atoms with Gasteiger partial charge in [-0.1, -0.05) is 58.0 Å². The maximum atomic E-state index is 13.7. The number of ether oxygens (including phenoxy) is 2. The summed E-state index contributed by atoms with van der Waals surface area (Å²) < 4.78 is 93.9. The lowest BCUT2D eigenvalue weighted by Gasteiger charge is -2.16. The van der Waals surface area contributed by atoms with E-state index >= 15 is 0 Å². The van der Waals surface area contributed by atoms with Crippen LogP contribution in [0.15, 0.2) is 154 Å². The van der Waals surface area contributed by atoms with E-state index in [4.69, 9.17) is 67.5 Å². The molecule has 0 fully saturated rings. The lowest BCUT2D eigenvalue weighted by atomic mass is 10.1. The first kappa shape index (κ1) is 61.2. The Kier molecular flexibility index (Phi) is 19.4. The van der Waals surface area contributed by atoms with Crippen LogP contribution in [0.2, 0.25) is 25.1 Å². The Bertz CT molecular complexity index is 3480. The lowest BCUT2D eigenvalue weighted by molar-refractivity contribution is -0.138. The summed E-state index contributed by atoms with van der Waals surface area (Å²) in [6, 6.07) is 22.7. The molecular weight excluding hydrogens is 1190 g/mol. The van der Waals surface area contributed by atoms with E-state index in [0.29, 0.717) is 22.2 Å². The average molecular weight is 1230 g/mol. The zero-order chi connectivity index (χ0) is 59.8. The highest BCUT2D eigenvalue weighted by molar-refractivity contribution is 6.35. The summed E-state index contributed by atoms with van der Waals surface area (Å²) in [7, 11) is 0. The minimum atomic E-state index is -4.78. The van der Waals surface area contributed by atoms with Crippen molar-refractivity contribution in [3.8, 4) is 23.0 Å². The molecule has 4 amide bonds. The largest absolute Gasteiger partial charge is 0.455 e. The maximum absolute atomic E-state index is 13.7. The number of carbonyl (C=O) groups excluding carboxylic acids is 6. The fraction of sp³-hybridized carbons (Fsp3) is 0.127. The van der Waals surface area contributed by atoms with Gasteiger partial charge in [0.2, 0.25) is 12.1 Å². The molecule has 422 valence electrons. The van der Waals surface area contributed by atoms with E-state index in [1.807, 2.05) is 0 Å². The summed E-state index contributed by atoms with van der Waals surface area (Å²) in [5, 5.41) is 25.7. The molecule has 0 aromatic heterocycles. The standard InChI is InChI=1S/C55H37Cl5F6N8O8/c1-26-20-41(68-53(80)49(28(3)76)74-72-43-22-30(5-17-38(43)59)51(78)70-45-24-32(55(64,65)66)7-19-47(45)82-36-14-10-34(57)11-15-36)39(60)25-40(26)67-52(79)48(27(2)75)73-71-42-21-29(4-16-37(42)58)50(77)69-44-23-31(54(61,62)63)6-18-46(44)81-35-12-8-33(56)9-13-35/h4-25,48-49H,1-3H3,(H,67,79)(H,68,80)(H,69,77)(H,70,78). The van der Waals surface area contributed by atoms with Crippen molar-refractivity contribution in [3.05, 3.63) is 186 Å². The number of carbonyl (C=O) groups is 6. The normalized spacial score (nSPS) is 12.4. The van der Waals surface area contributed by atoms with Crippen molar-refractivity contribution in [1.82, 2.24) is 0 Å². The van der Waals surface area contributed by atoms with Crippen LogP contribution in [-0.4, -0.2) is 47.3 Å². The molecule has 2 unspecified atom stereocenters. The molecule has 82 heavy (non-hydrogen) atoms. The van der Waals surface area contributed by atoms with E-state index < -0.39 is 70.8 Å². The third-order valence-electron chi connectivity index (χ3n) is 11.3. The first-order chi connectivity index (χ1) is 38.6. The highest BCUT2D eigenvalue weighted by Crippen LogP contribution is 2.40. The van der Waals surface area contributed by atoms with E-state index in [-0.39, 0.29) is 88.9 Å². The number of Topliss-reactive ketones (excluding diaryl/α,β-unsaturated/α-hetero) is 2. The van der Waals surface area contributed by atoms with Crippen molar-refractivity contribution in [2.75, 3.05) is 21.3 Å². The number of hydrogen-bond acceptors (Lipinski definition) is 12. The van der Waals surface area contributed by atoms with Crippen molar-refractivity contribution in [2.24, 2.45) is 20.5 Å². The molecule has 0 radical (unpaired) electrons. The highest BCUT2D eigenvalue weighted by Gasteiger charge is 2.33. The quantitative estimate of drug-likeness (QED) is 0.0367. The number of amides is 4. The number of hydrogen-bond donors (Lipinski definition) is 4. The molecule has 7 aromatic rings. The third kappa shape index (κ3) is 15.9. The number of ketones is 2. The third-order valence-corrected chi connectivity index (χ3v) is 12.7. The van der Waals surface area contributed by atoms with Crippen molar-refractivity contribution < 1.29 is 64.6 Å². The molecule has 0 aliphatic heterocycles. The van der Waals surface area contributed by atoms with E-state index in [2.05, 4.69) is 41.7 Å². The lowest BCUT2D eigenvalue weighted by Crippen LogP contribution is -2.32. The molecule has 7 rings (SSSR count). The van der Waals surface area contributed by atoms with Crippen LogP contribution in [0.5, 0.6) is 23.0 Å². The molecule has 4 N–H and O–H groups in total. The van der Waals surface area contributed by atoms with Gasteiger partial charge >= 0.3 is 12.4 Å². The summed E-state index contributed by atoms with van der Waals surface area (Å²) in [5.41, 5.74) is -3.48. The van der Waals surface area contributed by atoms with E-state index in [1.165, 1.54) is 91.9 Å². The number of rotatable bonds is 18. The van der Waals surface area contributed by atoms with Crippen LogP contribution in [0, 0.1) is 6.92 Å². The predicted octanol–water partition coefficient (Wildman–Crippen LogP) is 16.7. The second-order valence-electron chi connectivity index (χ2n) is 17.4. The molecule has 0 aliphatic carbocycles. The van der Waals surface area contributed by atoms with Crippen LogP contribution in [0.4, 0.5) is 60.5 Å². The predicted molar refractivity (Wildman–Crippen MR) is 296 cm³/mol. The van der Waals surface area contributed by atoms with Gasteiger partial charge in [0.05, 0.1) is 43.3 Å². The summed E-state index contributed by atoms with van der Waals surface area (Å²) in [6.45, 7) is 3.56. The van der Waals surface area contributed by atoms with Crippen molar-refractivity contribution >= 4 is 127 Å². The first-order valence-electron chi connectivity index (χ1n) is 23.4. The monoisotopic (exact) mass is 1230 g/mol. The number of alkyl halides is 6. The zero-order valence-corrected chi connectivity index (χ0v) is 45.8. The Morgan fingerprint density at radius 3 is 1.22 bits per heavy atom. The molecule has 0 bridgehead atoms. The van der Waals surface area contributed by atoms with Crippen LogP contribution in [0.1, 0.15) is 51.3 Å². The maximum Gasteiger partial charge on any atom is 0.416 e. The van der Waals surface area contributed by atoms with Gasteiger partial charge in [-0.3, -0.25) is 28.8 Å². The fourth-order valence-electron chi connectivity index (χ4n) is 7.09. The van der Waals surface area contributed by atoms with Gasteiger partial charge in [-0.15, -0.1) is 0 Å². The molecular formula is C55H37Cl5F6N8O8. The Morgan fingerprint density at radius 1 is 0.451 bits per heavy atom. The molecule has 0 heterocycles. The molecule has 0 spiro atoms. The van der Waals surface area contributed by atoms with Gasteiger partial charge in [0.15, 0.2) is 23.1 Å². The number of anilines is 4. The summed E-state index contributed by atoms with van der Waals surface area (Å²) in [6.07, 6.45) is -9.57. The van der Waals surface area contributed by atoms with Crippen LogP contribution in [-0.2, 0) is 31.5 Å². The molecule has 7 aromatic carbocycles. The fourth-order valence-corrected chi connectivity index (χ4v) is 7.86. The van der Waals surface area contributed by atoms with Gasteiger partial charge in [0, 0.05) is 26.9 Å². The smallest absolute Gasteiger partial charge is 0.416 e. The summed E-state index contributed by atoms with van der Waals surface area (Å²) >= 11 is 31.1. The Labute approximate surface area is 485 Å². The number of nitrogens with zero attached hydrogens (tertiary/aromatic N) is 4. The van der Waals surface area contributed by atoms with Gasteiger partial charge in [-0.2, -0.15) is 46.8 Å². The van der Waals surface area contributed by atoms with Gasteiger partial charge in [-0.25, -0.2) is 0 Å². The van der Waals surface area contributed by atoms with Crippen molar-refractivity contribution in [1.29, 1.82) is 0 Å². The van der Waals surface area contributed by atoms with Crippen LogP contribution in [0.3, 0.4) is 0 Å². The van der Waals surface area contributed by atoms with E-state index in [1.54, 1.807) is 0 Å². The minimum absolute atomic E-state index is 0.0277. The molecule has 27 heteroatoms. The number of azo groups is 2. The summed E-state index contributed by atoms with van der Waals surface area (Å²) in [5.74, 6) is -5.45. The Morgan fingerprint density at radius 2 is 0.841 bits per heavy atom.